The van der Waals surface area contributed by atoms with E-state index in [0.717, 1.165) is 5.56 Å². The molecule has 7 nitrogen and oxygen atoms in total. The maximum atomic E-state index is 12.1. The molecule has 0 spiro atoms. The molecule has 1 aliphatic heterocycles. The van der Waals surface area contributed by atoms with Crippen LogP contribution in [0.4, 0.5) is 0 Å². The lowest BCUT2D eigenvalue weighted by atomic mass is 9.85. The number of fused-ring (bicyclic) bond motifs is 1. The summed E-state index contributed by atoms with van der Waals surface area (Å²) in [6.45, 7) is 5.73. The maximum absolute atomic E-state index is 12.1. The summed E-state index contributed by atoms with van der Waals surface area (Å²) in [6, 6.07) is 3.58. The van der Waals surface area contributed by atoms with Gasteiger partial charge in [-0.05, 0) is 44.9 Å². The first-order valence-electron chi connectivity index (χ1n) is 7.61. The monoisotopic (exact) mass is 334 g/mol. The molecule has 0 bridgehead atoms. The molecule has 1 heterocycles. The summed E-state index contributed by atoms with van der Waals surface area (Å²) in [5, 5.41) is 12.5. The van der Waals surface area contributed by atoms with Gasteiger partial charge in [-0.1, -0.05) is 5.16 Å². The molecule has 130 valence electrons. The van der Waals surface area contributed by atoms with Crippen molar-refractivity contribution in [1.29, 1.82) is 0 Å². The van der Waals surface area contributed by atoms with E-state index in [1.165, 1.54) is 7.11 Å². The quantitative estimate of drug-likeness (QED) is 0.386. The van der Waals surface area contributed by atoms with Gasteiger partial charge < -0.3 is 19.4 Å². The fraction of sp³-hybridized carbons (Fsp3) is 0.471. The van der Waals surface area contributed by atoms with Crippen molar-refractivity contribution in [3.8, 4) is 11.5 Å². The van der Waals surface area contributed by atoms with Gasteiger partial charge >= 0.3 is 5.97 Å². The molecular weight excluding hydrogens is 312 g/mol. The second-order valence-electron chi connectivity index (χ2n) is 5.98. The molecule has 0 radical (unpaired) electrons. The minimum atomic E-state index is -0.725. The Balaban J connectivity index is 2.64. The average molecular weight is 334 g/mol. The molecule has 24 heavy (non-hydrogen) atoms. The number of rotatable bonds is 5. The number of benzene rings is 1. The fourth-order valence-corrected chi connectivity index (χ4v) is 2.72. The predicted octanol–water partition coefficient (Wildman–Crippen LogP) is 2.22. The van der Waals surface area contributed by atoms with Crippen LogP contribution in [0, 0.1) is 0 Å². The molecule has 0 atom stereocenters. The molecule has 0 saturated heterocycles. The number of carbonyl (C=O) groups excluding carboxylic acids is 1. The largest absolute Gasteiger partial charge is 0.493 e. The molecule has 2 rings (SSSR count). The van der Waals surface area contributed by atoms with Crippen molar-refractivity contribution in [3.05, 3.63) is 23.3 Å². The van der Waals surface area contributed by atoms with Gasteiger partial charge in [0.2, 0.25) is 5.71 Å². The Bertz CT molecular complexity index is 707. The van der Waals surface area contributed by atoms with Crippen LogP contribution in [-0.2, 0) is 16.0 Å². The number of methoxy groups -OCH3 is 2. The molecule has 0 fully saturated rings. The second-order valence-corrected chi connectivity index (χ2v) is 5.98. The first kappa shape index (κ1) is 17.8. The van der Waals surface area contributed by atoms with Crippen LogP contribution >= 0.6 is 0 Å². The normalized spacial score (nSPS) is 16.0. The van der Waals surface area contributed by atoms with E-state index in [2.05, 4.69) is 10.1 Å². The molecule has 0 unspecified atom stereocenters. The van der Waals surface area contributed by atoms with Crippen LogP contribution in [0.2, 0.25) is 0 Å². The summed E-state index contributed by atoms with van der Waals surface area (Å²) in [7, 11) is 3.09. The van der Waals surface area contributed by atoms with Crippen molar-refractivity contribution in [2.45, 2.75) is 32.7 Å². The van der Waals surface area contributed by atoms with Crippen molar-refractivity contribution >= 4 is 17.4 Å². The van der Waals surface area contributed by atoms with Gasteiger partial charge in [-0.2, -0.15) is 0 Å². The van der Waals surface area contributed by atoms with Crippen LogP contribution in [0.25, 0.3) is 0 Å². The van der Waals surface area contributed by atoms with Crippen LogP contribution in [0.3, 0.4) is 0 Å². The molecule has 1 N–H and O–H groups in total. The first-order valence-corrected chi connectivity index (χ1v) is 7.61. The van der Waals surface area contributed by atoms with Gasteiger partial charge in [0.15, 0.2) is 11.5 Å². The molecular formula is C17H22N2O5. The second kappa shape index (κ2) is 6.90. The maximum Gasteiger partial charge on any atom is 0.362 e. The Morgan fingerprint density at radius 3 is 2.46 bits per heavy atom. The van der Waals surface area contributed by atoms with Crippen molar-refractivity contribution in [1.82, 2.24) is 0 Å². The summed E-state index contributed by atoms with van der Waals surface area (Å²) in [6.07, 6.45) is 0.647. The Morgan fingerprint density at radius 2 is 1.92 bits per heavy atom. The third kappa shape index (κ3) is 3.34. The Hall–Kier alpha value is -2.57. The van der Waals surface area contributed by atoms with Gasteiger partial charge in [-0.3, -0.25) is 4.99 Å². The summed E-state index contributed by atoms with van der Waals surface area (Å²) in [5.74, 6) is 0.369. The van der Waals surface area contributed by atoms with Gasteiger partial charge in [-0.25, -0.2) is 4.79 Å². The van der Waals surface area contributed by atoms with Gasteiger partial charge in [-0.15, -0.1) is 0 Å². The van der Waals surface area contributed by atoms with E-state index in [1.807, 2.05) is 19.9 Å². The zero-order chi connectivity index (χ0) is 17.9. The number of ether oxygens (including phenoxy) is 3. The number of esters is 1. The third-order valence-corrected chi connectivity index (χ3v) is 3.70. The topological polar surface area (TPSA) is 89.7 Å². The lowest BCUT2D eigenvalue weighted by Crippen LogP contribution is -2.36. The number of carbonyl (C=O) groups is 1. The van der Waals surface area contributed by atoms with Crippen molar-refractivity contribution in [3.63, 3.8) is 0 Å². The van der Waals surface area contributed by atoms with Crippen molar-refractivity contribution in [2.24, 2.45) is 10.1 Å². The molecule has 0 saturated carbocycles. The van der Waals surface area contributed by atoms with Crippen molar-refractivity contribution < 1.29 is 24.2 Å². The summed E-state index contributed by atoms with van der Waals surface area (Å²) >= 11 is 0. The Kier molecular flexibility index (Phi) is 5.11. The van der Waals surface area contributed by atoms with E-state index in [4.69, 9.17) is 14.2 Å². The molecule has 1 aromatic rings. The molecule has 1 aromatic carbocycles. The Morgan fingerprint density at radius 1 is 1.29 bits per heavy atom. The zero-order valence-electron chi connectivity index (χ0n) is 14.5. The number of oxime groups is 1. The number of nitrogens with zero attached hydrogens (tertiary/aromatic N) is 2. The fourth-order valence-electron chi connectivity index (χ4n) is 2.72. The molecule has 1 aliphatic rings. The van der Waals surface area contributed by atoms with Gasteiger partial charge in [0.1, 0.15) is 5.71 Å². The SMILES string of the molecule is CCOC(=O)/C(=N/O)C1=NC(C)(C)Cc2cc(OC)c(OC)cc21. The van der Waals surface area contributed by atoms with Crippen LogP contribution < -0.4 is 9.47 Å². The first-order chi connectivity index (χ1) is 11.4. The van der Waals surface area contributed by atoms with Crippen LogP contribution in [-0.4, -0.2) is 49.0 Å². The van der Waals surface area contributed by atoms with Crippen LogP contribution in [0.5, 0.6) is 11.5 Å². The van der Waals surface area contributed by atoms with E-state index >= 15 is 0 Å². The van der Waals surface area contributed by atoms with Gasteiger partial charge in [0.05, 0.1) is 26.4 Å². The van der Waals surface area contributed by atoms with Gasteiger partial charge in [0, 0.05) is 5.56 Å². The molecule has 7 heteroatoms. The Labute approximate surface area is 140 Å². The number of hydrogen-bond acceptors (Lipinski definition) is 7. The van der Waals surface area contributed by atoms with Crippen molar-refractivity contribution in [2.75, 3.05) is 20.8 Å². The van der Waals surface area contributed by atoms with Crippen LogP contribution in [0.1, 0.15) is 31.9 Å². The zero-order valence-corrected chi connectivity index (χ0v) is 14.5. The highest BCUT2D eigenvalue weighted by Crippen LogP contribution is 2.36. The number of aliphatic imine (C=N–C) groups is 1. The van der Waals surface area contributed by atoms with Gasteiger partial charge in [0.25, 0.3) is 0 Å². The molecule has 0 amide bonds. The predicted molar refractivity (Wildman–Crippen MR) is 89.7 cm³/mol. The van der Waals surface area contributed by atoms with E-state index in [-0.39, 0.29) is 18.0 Å². The van der Waals surface area contributed by atoms with E-state index < -0.39 is 11.5 Å². The highest BCUT2D eigenvalue weighted by Gasteiger charge is 2.33. The summed E-state index contributed by atoms with van der Waals surface area (Å²) in [4.78, 5) is 16.7. The van der Waals surface area contributed by atoms with E-state index in [9.17, 15) is 10.0 Å². The highest BCUT2D eigenvalue weighted by molar-refractivity contribution is 6.69. The third-order valence-electron chi connectivity index (χ3n) is 3.70. The molecule has 0 aromatic heterocycles. The van der Waals surface area contributed by atoms with E-state index in [0.29, 0.717) is 23.5 Å². The standard InChI is InChI=1S/C17H22N2O5/c1-6-24-16(20)15(19-21)14-11-8-13(23-5)12(22-4)7-10(11)9-17(2,3)18-14/h7-8,21H,6,9H2,1-5H3/b19-15+. The molecule has 0 aliphatic carbocycles. The summed E-state index contributed by atoms with van der Waals surface area (Å²) in [5.41, 5.74) is 1.17. The number of hydrogen-bond donors (Lipinski definition) is 1. The van der Waals surface area contributed by atoms with E-state index in [1.54, 1.807) is 20.1 Å². The highest BCUT2D eigenvalue weighted by atomic mass is 16.5. The summed E-state index contributed by atoms with van der Waals surface area (Å²) < 4.78 is 15.6. The average Bonchev–Trinajstić information content (AvgIpc) is 2.53. The minimum absolute atomic E-state index is 0.174. The lowest BCUT2D eigenvalue weighted by Gasteiger charge is -2.29. The minimum Gasteiger partial charge on any atom is -0.493 e. The lowest BCUT2D eigenvalue weighted by molar-refractivity contribution is -0.134. The smallest absolute Gasteiger partial charge is 0.362 e. The van der Waals surface area contributed by atoms with Crippen LogP contribution in [0.15, 0.2) is 22.3 Å².